The van der Waals surface area contributed by atoms with Crippen molar-refractivity contribution in [3.05, 3.63) is 67.3 Å². The van der Waals surface area contributed by atoms with Crippen LogP contribution in [0.3, 0.4) is 0 Å². The van der Waals surface area contributed by atoms with Gasteiger partial charge in [-0.15, -0.1) is 0 Å². The Kier molecular flexibility index (Phi) is 5.01. The van der Waals surface area contributed by atoms with Gasteiger partial charge in [-0.1, -0.05) is 33.6 Å². The Morgan fingerprint density at radius 3 is 2.53 bits per heavy atom. The highest BCUT2D eigenvalue weighted by Gasteiger charge is 2.17. The molecule has 1 unspecified atom stereocenters. The first-order valence-corrected chi connectivity index (χ1v) is 7.56. The van der Waals surface area contributed by atoms with E-state index in [1.807, 2.05) is 12.1 Å². The van der Waals surface area contributed by atoms with Crippen LogP contribution in [0.15, 0.2) is 45.3 Å². The van der Waals surface area contributed by atoms with Gasteiger partial charge in [0.05, 0.1) is 11.1 Å². The Morgan fingerprint density at radius 1 is 1.16 bits per heavy atom. The number of halogens is 4. The van der Waals surface area contributed by atoms with Gasteiger partial charge < -0.3 is 5.32 Å². The summed E-state index contributed by atoms with van der Waals surface area (Å²) in [4.78, 5) is 0. The van der Waals surface area contributed by atoms with E-state index in [0.717, 1.165) is 14.5 Å². The average Bonchev–Trinajstić information content (AvgIpc) is 2.38. The van der Waals surface area contributed by atoms with Gasteiger partial charge in [-0.05, 0) is 58.9 Å². The zero-order valence-corrected chi connectivity index (χ0v) is 14.0. The van der Waals surface area contributed by atoms with Crippen LogP contribution in [0.2, 0.25) is 5.02 Å². The Labute approximate surface area is 133 Å². The normalized spacial score (nSPS) is 12.5. The third-order valence-electron chi connectivity index (χ3n) is 2.83. The van der Waals surface area contributed by atoms with E-state index >= 15 is 0 Å². The minimum absolute atomic E-state index is 0.230. The van der Waals surface area contributed by atoms with Crippen LogP contribution in [0, 0.1) is 5.82 Å². The summed E-state index contributed by atoms with van der Waals surface area (Å²) in [6.07, 6.45) is 0. The van der Waals surface area contributed by atoms with Crippen molar-refractivity contribution in [2.75, 3.05) is 7.05 Å². The smallest absolute Gasteiger partial charge is 0.128 e. The molecule has 2 aromatic rings. The summed E-state index contributed by atoms with van der Waals surface area (Å²) < 4.78 is 15.6. The summed E-state index contributed by atoms with van der Waals surface area (Å²) in [7, 11) is 1.80. The maximum Gasteiger partial charge on any atom is 0.128 e. The van der Waals surface area contributed by atoms with E-state index in [1.54, 1.807) is 25.2 Å². The summed E-state index contributed by atoms with van der Waals surface area (Å²) in [5.41, 5.74) is 1.53. The third-order valence-corrected chi connectivity index (χ3v) is 4.54. The van der Waals surface area contributed by atoms with Crippen LogP contribution in [0.5, 0.6) is 0 Å². The first-order chi connectivity index (χ1) is 9.02. The van der Waals surface area contributed by atoms with Crippen LogP contribution < -0.4 is 5.32 Å². The Morgan fingerprint density at radius 2 is 1.89 bits per heavy atom. The van der Waals surface area contributed by atoms with E-state index in [1.165, 1.54) is 6.07 Å². The first-order valence-electron chi connectivity index (χ1n) is 5.60. The van der Waals surface area contributed by atoms with Crippen molar-refractivity contribution in [3.63, 3.8) is 0 Å². The predicted molar refractivity (Wildman–Crippen MR) is 84.2 cm³/mol. The second kappa shape index (κ2) is 6.35. The summed E-state index contributed by atoms with van der Waals surface area (Å²) >= 11 is 12.7. The average molecular weight is 408 g/mol. The van der Waals surface area contributed by atoms with Gasteiger partial charge in [0.15, 0.2) is 0 Å². The summed E-state index contributed by atoms with van der Waals surface area (Å²) in [6.45, 7) is 0. The van der Waals surface area contributed by atoms with E-state index in [0.29, 0.717) is 10.6 Å². The Balaban J connectivity index is 2.49. The Hall–Kier alpha value is -0.420. The lowest BCUT2D eigenvalue weighted by molar-refractivity contribution is 0.575. The first kappa shape index (κ1) is 15.0. The SMILES string of the molecule is CNC(c1ccc(Cl)c(Br)c1)c1cc(Br)ccc1F. The van der Waals surface area contributed by atoms with Gasteiger partial charge in [-0.3, -0.25) is 0 Å². The molecule has 1 nitrogen and oxygen atoms in total. The molecule has 0 aliphatic rings. The van der Waals surface area contributed by atoms with Gasteiger partial charge in [0, 0.05) is 14.5 Å². The molecule has 5 heteroatoms. The monoisotopic (exact) mass is 405 g/mol. The van der Waals surface area contributed by atoms with Crippen LogP contribution in [0.25, 0.3) is 0 Å². The predicted octanol–water partition coefficient (Wildman–Crippen LogP) is 5.31. The van der Waals surface area contributed by atoms with Crippen molar-refractivity contribution in [1.29, 1.82) is 0 Å². The zero-order valence-electron chi connectivity index (χ0n) is 10.1. The van der Waals surface area contributed by atoms with Gasteiger partial charge >= 0.3 is 0 Å². The molecule has 0 amide bonds. The van der Waals surface area contributed by atoms with Crippen LogP contribution in [-0.2, 0) is 0 Å². The number of hydrogen-bond acceptors (Lipinski definition) is 1. The molecule has 0 spiro atoms. The van der Waals surface area contributed by atoms with Crippen LogP contribution in [0.4, 0.5) is 4.39 Å². The molecule has 0 aliphatic carbocycles. The van der Waals surface area contributed by atoms with Crippen molar-refractivity contribution < 1.29 is 4.39 Å². The minimum Gasteiger partial charge on any atom is -0.309 e. The van der Waals surface area contributed by atoms with Gasteiger partial charge in [0.2, 0.25) is 0 Å². The van der Waals surface area contributed by atoms with E-state index in [4.69, 9.17) is 11.6 Å². The maximum atomic E-state index is 14.0. The fourth-order valence-electron chi connectivity index (χ4n) is 1.93. The molecule has 19 heavy (non-hydrogen) atoms. The van der Waals surface area contributed by atoms with Crippen molar-refractivity contribution >= 4 is 43.5 Å². The molecule has 0 heterocycles. The lowest BCUT2D eigenvalue weighted by Gasteiger charge is -2.19. The third kappa shape index (κ3) is 3.37. The van der Waals surface area contributed by atoms with Crippen LogP contribution >= 0.6 is 43.5 Å². The maximum absolute atomic E-state index is 14.0. The number of hydrogen-bond donors (Lipinski definition) is 1. The standard InChI is InChI=1S/C14H11Br2ClFN/c1-19-14(8-2-4-12(17)11(16)6-8)10-7-9(15)3-5-13(10)18/h2-7,14,19H,1H3. The van der Waals surface area contributed by atoms with E-state index in [9.17, 15) is 4.39 Å². The lowest BCUT2D eigenvalue weighted by atomic mass is 9.98. The van der Waals surface area contributed by atoms with E-state index in [2.05, 4.69) is 37.2 Å². The fraction of sp³-hybridized carbons (Fsp3) is 0.143. The molecule has 100 valence electrons. The minimum atomic E-state index is -0.242. The molecule has 0 aliphatic heterocycles. The summed E-state index contributed by atoms with van der Waals surface area (Å²) in [5, 5.41) is 3.76. The molecule has 1 N–H and O–H groups in total. The van der Waals surface area contributed by atoms with Gasteiger partial charge in [0.25, 0.3) is 0 Å². The molecule has 1 atom stereocenters. The highest BCUT2D eigenvalue weighted by Crippen LogP contribution is 2.31. The van der Waals surface area contributed by atoms with Crippen molar-refractivity contribution in [1.82, 2.24) is 5.32 Å². The van der Waals surface area contributed by atoms with Crippen LogP contribution in [0.1, 0.15) is 17.2 Å². The highest BCUT2D eigenvalue weighted by molar-refractivity contribution is 9.10. The molecular formula is C14H11Br2ClFN. The molecule has 2 rings (SSSR count). The second-order valence-electron chi connectivity index (χ2n) is 4.06. The van der Waals surface area contributed by atoms with Crippen molar-refractivity contribution in [2.45, 2.75) is 6.04 Å². The molecule has 0 saturated heterocycles. The van der Waals surface area contributed by atoms with Gasteiger partial charge in [-0.25, -0.2) is 4.39 Å². The lowest BCUT2D eigenvalue weighted by Crippen LogP contribution is -2.19. The molecule has 0 radical (unpaired) electrons. The van der Waals surface area contributed by atoms with Crippen molar-refractivity contribution in [2.24, 2.45) is 0 Å². The topological polar surface area (TPSA) is 12.0 Å². The summed E-state index contributed by atoms with van der Waals surface area (Å²) in [6, 6.07) is 10.3. The van der Waals surface area contributed by atoms with Crippen LogP contribution in [-0.4, -0.2) is 7.05 Å². The van der Waals surface area contributed by atoms with E-state index < -0.39 is 0 Å². The molecule has 0 saturated carbocycles. The van der Waals surface area contributed by atoms with E-state index in [-0.39, 0.29) is 11.9 Å². The summed E-state index contributed by atoms with van der Waals surface area (Å²) in [5.74, 6) is -0.242. The molecule has 2 aromatic carbocycles. The van der Waals surface area contributed by atoms with Crippen molar-refractivity contribution in [3.8, 4) is 0 Å². The fourth-order valence-corrected chi connectivity index (χ4v) is 2.82. The second-order valence-corrected chi connectivity index (χ2v) is 6.24. The Bertz CT molecular complexity index is 604. The van der Waals surface area contributed by atoms with Gasteiger partial charge in [-0.2, -0.15) is 0 Å². The molecule has 0 aromatic heterocycles. The van der Waals surface area contributed by atoms with Gasteiger partial charge in [0.1, 0.15) is 5.82 Å². The number of benzene rings is 2. The molecule has 0 fully saturated rings. The largest absolute Gasteiger partial charge is 0.309 e. The number of nitrogens with one attached hydrogen (secondary N) is 1. The zero-order chi connectivity index (χ0) is 14.0. The quantitative estimate of drug-likeness (QED) is 0.727. The number of rotatable bonds is 3. The molecule has 0 bridgehead atoms. The highest BCUT2D eigenvalue weighted by atomic mass is 79.9. The molecular weight excluding hydrogens is 396 g/mol.